The first-order valence-electron chi connectivity index (χ1n) is 8.71. The van der Waals surface area contributed by atoms with Crippen molar-refractivity contribution in [2.24, 2.45) is 0 Å². The van der Waals surface area contributed by atoms with Gasteiger partial charge in [0.15, 0.2) is 0 Å². The summed E-state index contributed by atoms with van der Waals surface area (Å²) in [7, 11) is 0. The number of thioether (sulfide) groups is 1. The average Bonchev–Trinajstić information content (AvgIpc) is 3.47. The Morgan fingerprint density at radius 1 is 1.17 bits per heavy atom. The highest BCUT2D eigenvalue weighted by molar-refractivity contribution is 8.01. The molecule has 2 aliphatic carbocycles. The third-order valence-electron chi connectivity index (χ3n) is 4.89. The molecule has 0 N–H and O–H groups in total. The van der Waals surface area contributed by atoms with E-state index in [4.69, 9.17) is 16.3 Å². The first-order valence-corrected chi connectivity index (χ1v) is 9.90. The van der Waals surface area contributed by atoms with Crippen molar-refractivity contribution in [2.45, 2.75) is 61.0 Å². The van der Waals surface area contributed by atoms with Crippen LogP contribution in [0.15, 0.2) is 52.1 Å². The van der Waals surface area contributed by atoms with Crippen LogP contribution in [-0.4, -0.2) is 10.7 Å². The van der Waals surface area contributed by atoms with Gasteiger partial charge in [-0.2, -0.15) is 0 Å². The lowest BCUT2D eigenvalue weighted by Gasteiger charge is -2.26. The predicted molar refractivity (Wildman–Crippen MR) is 98.2 cm³/mol. The molecular weight excluding hydrogens is 340 g/mol. The van der Waals surface area contributed by atoms with Gasteiger partial charge in [-0.15, -0.1) is 11.8 Å². The van der Waals surface area contributed by atoms with Crippen molar-refractivity contribution >= 4 is 29.3 Å². The Balaban J connectivity index is 1.56. The molecule has 1 aromatic rings. The molecule has 0 atom stereocenters. The van der Waals surface area contributed by atoms with Crippen LogP contribution in [0.25, 0.3) is 0 Å². The fourth-order valence-electron chi connectivity index (χ4n) is 3.30. The zero-order valence-electron chi connectivity index (χ0n) is 13.6. The molecule has 0 spiro atoms. The van der Waals surface area contributed by atoms with E-state index in [1.165, 1.54) is 18.4 Å². The Kier molecular flexibility index (Phi) is 4.48. The molecule has 2 fully saturated rings. The van der Waals surface area contributed by atoms with Gasteiger partial charge in [0.2, 0.25) is 0 Å². The number of allylic oxidation sites excluding steroid dienone is 3. The van der Waals surface area contributed by atoms with E-state index in [0.717, 1.165) is 47.8 Å². The molecule has 0 bridgehead atoms. The number of hydrogen-bond acceptors (Lipinski definition) is 3. The van der Waals surface area contributed by atoms with Gasteiger partial charge in [-0.1, -0.05) is 35.4 Å². The van der Waals surface area contributed by atoms with Crippen LogP contribution in [0.4, 0.5) is 0 Å². The van der Waals surface area contributed by atoms with Gasteiger partial charge in [0.05, 0.1) is 5.02 Å². The second-order valence-electron chi connectivity index (χ2n) is 6.80. The molecule has 0 unspecified atom stereocenters. The molecule has 0 aromatic heterocycles. The standard InChI is InChI=1S/C20H21ClO2S/c21-16-5-1-2-7-18(16)24-20(12-13-20)15-10-11-19(22)23-17(15)6-3-4-14-8-9-14/h1-2,4-5,7H,3,6,8-13H2. The van der Waals surface area contributed by atoms with Crippen LogP contribution in [0, 0.1) is 0 Å². The molecule has 126 valence electrons. The Labute approximate surface area is 152 Å². The summed E-state index contributed by atoms with van der Waals surface area (Å²) >= 11 is 8.20. The van der Waals surface area contributed by atoms with Crippen molar-refractivity contribution in [3.05, 3.63) is 52.3 Å². The number of halogens is 1. The van der Waals surface area contributed by atoms with Crippen LogP contribution in [-0.2, 0) is 9.53 Å². The number of hydrogen-bond donors (Lipinski definition) is 0. The van der Waals surface area contributed by atoms with Gasteiger partial charge in [-0.05, 0) is 56.2 Å². The maximum absolute atomic E-state index is 11.8. The van der Waals surface area contributed by atoms with Crippen LogP contribution in [0.3, 0.4) is 0 Å². The van der Waals surface area contributed by atoms with Crippen LogP contribution < -0.4 is 0 Å². The minimum atomic E-state index is -0.0774. The van der Waals surface area contributed by atoms with Crippen molar-refractivity contribution in [2.75, 3.05) is 0 Å². The lowest BCUT2D eigenvalue weighted by molar-refractivity contribution is -0.140. The third-order valence-corrected chi connectivity index (χ3v) is 6.95. The number of carbonyl (C=O) groups excluding carboxylic acids is 1. The van der Waals surface area contributed by atoms with E-state index < -0.39 is 0 Å². The highest BCUT2D eigenvalue weighted by atomic mass is 35.5. The van der Waals surface area contributed by atoms with Gasteiger partial charge >= 0.3 is 5.97 Å². The van der Waals surface area contributed by atoms with E-state index in [1.807, 2.05) is 30.0 Å². The normalized spacial score (nSPS) is 21.5. The van der Waals surface area contributed by atoms with Gasteiger partial charge < -0.3 is 4.74 Å². The quantitative estimate of drug-likeness (QED) is 0.456. The Morgan fingerprint density at radius 2 is 1.96 bits per heavy atom. The smallest absolute Gasteiger partial charge is 0.311 e. The molecule has 2 nitrogen and oxygen atoms in total. The summed E-state index contributed by atoms with van der Waals surface area (Å²) in [6.07, 6.45) is 10.3. The van der Waals surface area contributed by atoms with Crippen molar-refractivity contribution in [1.82, 2.24) is 0 Å². The topological polar surface area (TPSA) is 26.3 Å². The molecule has 24 heavy (non-hydrogen) atoms. The maximum atomic E-state index is 11.8. The van der Waals surface area contributed by atoms with E-state index >= 15 is 0 Å². The number of benzene rings is 1. The van der Waals surface area contributed by atoms with E-state index in [2.05, 4.69) is 12.1 Å². The molecule has 4 rings (SSSR count). The number of esters is 1. The second-order valence-corrected chi connectivity index (χ2v) is 8.64. The first kappa shape index (κ1) is 16.3. The molecule has 2 saturated carbocycles. The Bertz CT molecular complexity index is 725. The summed E-state index contributed by atoms with van der Waals surface area (Å²) in [5.74, 6) is 0.854. The largest absolute Gasteiger partial charge is 0.431 e. The van der Waals surface area contributed by atoms with Crippen LogP contribution >= 0.6 is 23.4 Å². The van der Waals surface area contributed by atoms with E-state index in [1.54, 1.807) is 5.57 Å². The molecule has 1 heterocycles. The first-order chi connectivity index (χ1) is 11.7. The summed E-state index contributed by atoms with van der Waals surface area (Å²) in [5, 5.41) is 0.808. The van der Waals surface area contributed by atoms with Gasteiger partial charge in [0, 0.05) is 22.5 Å². The Hall–Kier alpha value is -1.19. The molecule has 0 radical (unpaired) electrons. The van der Waals surface area contributed by atoms with E-state index in [9.17, 15) is 4.79 Å². The van der Waals surface area contributed by atoms with E-state index in [0.29, 0.717) is 6.42 Å². The Morgan fingerprint density at radius 3 is 2.67 bits per heavy atom. The zero-order chi connectivity index (χ0) is 16.6. The summed E-state index contributed by atoms with van der Waals surface area (Å²) in [6.45, 7) is 0. The third kappa shape index (κ3) is 3.57. The molecule has 0 saturated heterocycles. The van der Waals surface area contributed by atoms with Crippen molar-refractivity contribution in [1.29, 1.82) is 0 Å². The second kappa shape index (κ2) is 6.61. The molecule has 1 aromatic carbocycles. The summed E-state index contributed by atoms with van der Waals surface area (Å²) in [6, 6.07) is 8.02. The highest BCUT2D eigenvalue weighted by Gasteiger charge is 2.49. The molecular formula is C20H21ClO2S. The number of cyclic esters (lactones) is 1. The fourth-order valence-corrected chi connectivity index (χ4v) is 4.93. The lowest BCUT2D eigenvalue weighted by atomic mass is 9.98. The predicted octanol–water partition coefficient (Wildman–Crippen LogP) is 6.06. The highest BCUT2D eigenvalue weighted by Crippen LogP contribution is 2.60. The minimum absolute atomic E-state index is 0.0774. The molecule has 1 aliphatic heterocycles. The van der Waals surface area contributed by atoms with Gasteiger partial charge in [0.1, 0.15) is 5.76 Å². The molecule has 4 heteroatoms. The average molecular weight is 361 g/mol. The number of rotatable bonds is 6. The monoisotopic (exact) mass is 360 g/mol. The van der Waals surface area contributed by atoms with E-state index in [-0.39, 0.29) is 10.7 Å². The summed E-state index contributed by atoms with van der Waals surface area (Å²) in [4.78, 5) is 12.9. The van der Waals surface area contributed by atoms with Crippen molar-refractivity contribution in [3.8, 4) is 0 Å². The molecule has 3 aliphatic rings. The fraction of sp³-hybridized carbons (Fsp3) is 0.450. The zero-order valence-corrected chi connectivity index (χ0v) is 15.2. The SMILES string of the molecule is O=C1CCC(C2(Sc3ccccc3Cl)CC2)=C(CCC=C2CC2)O1. The number of carbonyl (C=O) groups is 1. The van der Waals surface area contributed by atoms with Crippen LogP contribution in [0.2, 0.25) is 5.02 Å². The number of ether oxygens (including phenoxy) is 1. The lowest BCUT2D eigenvalue weighted by Crippen LogP contribution is -2.20. The summed E-state index contributed by atoms with van der Waals surface area (Å²) in [5.41, 5.74) is 2.90. The van der Waals surface area contributed by atoms with Gasteiger partial charge in [0.25, 0.3) is 0 Å². The van der Waals surface area contributed by atoms with Crippen LogP contribution in [0.5, 0.6) is 0 Å². The van der Waals surface area contributed by atoms with Crippen molar-refractivity contribution in [3.63, 3.8) is 0 Å². The van der Waals surface area contributed by atoms with Crippen LogP contribution in [0.1, 0.15) is 51.4 Å². The van der Waals surface area contributed by atoms with Gasteiger partial charge in [-0.3, -0.25) is 4.79 Å². The van der Waals surface area contributed by atoms with Gasteiger partial charge in [-0.25, -0.2) is 0 Å². The minimum Gasteiger partial charge on any atom is -0.431 e. The summed E-state index contributed by atoms with van der Waals surface area (Å²) < 4.78 is 5.75. The molecule has 0 amide bonds. The van der Waals surface area contributed by atoms with Crippen molar-refractivity contribution < 1.29 is 9.53 Å². The maximum Gasteiger partial charge on any atom is 0.311 e.